The average Bonchev–Trinajstić information content (AvgIpc) is 2.65. The van der Waals surface area contributed by atoms with Gasteiger partial charge in [-0.05, 0) is 18.1 Å². The van der Waals surface area contributed by atoms with Crippen molar-refractivity contribution >= 4 is 0 Å². The van der Waals surface area contributed by atoms with Crippen LogP contribution in [0.2, 0.25) is 0 Å². The highest BCUT2D eigenvalue weighted by molar-refractivity contribution is 5.47. The Bertz CT molecular complexity index is 459. The van der Waals surface area contributed by atoms with E-state index in [4.69, 9.17) is 0 Å². The minimum Gasteiger partial charge on any atom is -0.275 e. The zero-order valence-electron chi connectivity index (χ0n) is 9.18. The molecule has 0 saturated carbocycles. The lowest BCUT2D eigenvalue weighted by Crippen LogP contribution is -1.97. The van der Waals surface area contributed by atoms with E-state index >= 15 is 0 Å². The third-order valence-corrected chi connectivity index (χ3v) is 2.21. The second kappa shape index (κ2) is 3.81. The van der Waals surface area contributed by atoms with Gasteiger partial charge in [-0.25, -0.2) is 9.97 Å². The molecule has 0 spiro atoms. The van der Waals surface area contributed by atoms with Crippen LogP contribution in [0, 0.1) is 0 Å². The molecule has 0 radical (unpaired) electrons. The van der Waals surface area contributed by atoms with Gasteiger partial charge in [0.25, 0.3) is 0 Å². The predicted molar refractivity (Wildman–Crippen MR) is 58.3 cm³/mol. The first-order valence-corrected chi connectivity index (χ1v) is 5.00. The summed E-state index contributed by atoms with van der Waals surface area (Å²) in [7, 11) is 1.88. The van der Waals surface area contributed by atoms with Crippen LogP contribution in [-0.4, -0.2) is 19.7 Å². The van der Waals surface area contributed by atoms with E-state index in [2.05, 4.69) is 28.9 Å². The van der Waals surface area contributed by atoms with Gasteiger partial charge < -0.3 is 0 Å². The lowest BCUT2D eigenvalue weighted by molar-refractivity contribution is 0.765. The van der Waals surface area contributed by atoms with E-state index < -0.39 is 0 Å². The lowest BCUT2D eigenvalue weighted by Gasteiger charge is -2.04. The molecule has 0 aliphatic carbocycles. The van der Waals surface area contributed by atoms with Gasteiger partial charge in [0.1, 0.15) is 5.69 Å². The number of hydrogen-bond acceptors (Lipinski definition) is 3. The molecule has 0 amide bonds. The standard InChI is InChI=1S/C11H14N4/c1-8(2)9-4-6-12-11(13-9)10-5-7-15(3)14-10/h4-8H,1-3H3. The molecule has 0 unspecified atom stereocenters. The Labute approximate surface area is 89.0 Å². The van der Waals surface area contributed by atoms with Crippen molar-refractivity contribution in [3.63, 3.8) is 0 Å². The molecule has 0 aliphatic rings. The summed E-state index contributed by atoms with van der Waals surface area (Å²) < 4.78 is 1.75. The molecule has 0 aromatic carbocycles. The summed E-state index contributed by atoms with van der Waals surface area (Å²) >= 11 is 0. The highest BCUT2D eigenvalue weighted by Gasteiger charge is 2.07. The number of hydrogen-bond donors (Lipinski definition) is 0. The Morgan fingerprint density at radius 3 is 2.67 bits per heavy atom. The topological polar surface area (TPSA) is 43.6 Å². The Kier molecular flexibility index (Phi) is 2.49. The summed E-state index contributed by atoms with van der Waals surface area (Å²) in [6, 6.07) is 3.86. The summed E-state index contributed by atoms with van der Waals surface area (Å²) in [5.74, 6) is 1.11. The van der Waals surface area contributed by atoms with Crippen molar-refractivity contribution in [3.05, 3.63) is 30.2 Å². The summed E-state index contributed by atoms with van der Waals surface area (Å²) in [6.07, 6.45) is 3.67. The number of rotatable bonds is 2. The summed E-state index contributed by atoms with van der Waals surface area (Å²) in [4.78, 5) is 8.69. The van der Waals surface area contributed by atoms with Crippen LogP contribution >= 0.6 is 0 Å². The van der Waals surface area contributed by atoms with Crippen molar-refractivity contribution in [2.24, 2.45) is 7.05 Å². The van der Waals surface area contributed by atoms with E-state index in [-0.39, 0.29) is 0 Å². The summed E-state index contributed by atoms with van der Waals surface area (Å²) in [6.45, 7) is 4.23. The van der Waals surface area contributed by atoms with Gasteiger partial charge in [-0.1, -0.05) is 13.8 Å². The molecule has 4 nitrogen and oxygen atoms in total. The van der Waals surface area contributed by atoms with E-state index in [9.17, 15) is 0 Å². The van der Waals surface area contributed by atoms with E-state index in [0.717, 1.165) is 11.4 Å². The third kappa shape index (κ3) is 2.03. The van der Waals surface area contributed by atoms with Crippen molar-refractivity contribution in [1.29, 1.82) is 0 Å². The third-order valence-electron chi connectivity index (χ3n) is 2.21. The van der Waals surface area contributed by atoms with Crippen LogP contribution in [0.4, 0.5) is 0 Å². The molecular formula is C11H14N4. The Balaban J connectivity index is 2.41. The van der Waals surface area contributed by atoms with Crippen LogP contribution < -0.4 is 0 Å². The normalized spacial score (nSPS) is 10.9. The highest BCUT2D eigenvalue weighted by Crippen LogP contribution is 2.15. The average molecular weight is 202 g/mol. The maximum Gasteiger partial charge on any atom is 0.180 e. The minimum absolute atomic E-state index is 0.412. The molecule has 2 rings (SSSR count). The molecule has 78 valence electrons. The first-order valence-electron chi connectivity index (χ1n) is 5.00. The van der Waals surface area contributed by atoms with Crippen LogP contribution in [0.15, 0.2) is 24.5 Å². The fourth-order valence-corrected chi connectivity index (χ4v) is 1.35. The van der Waals surface area contributed by atoms with Gasteiger partial charge >= 0.3 is 0 Å². The van der Waals surface area contributed by atoms with Gasteiger partial charge in [0, 0.05) is 25.1 Å². The van der Waals surface area contributed by atoms with Gasteiger partial charge in [0.2, 0.25) is 0 Å². The molecule has 0 bridgehead atoms. The maximum atomic E-state index is 4.47. The van der Waals surface area contributed by atoms with Crippen LogP contribution in [-0.2, 0) is 7.05 Å². The zero-order chi connectivity index (χ0) is 10.8. The van der Waals surface area contributed by atoms with Crippen molar-refractivity contribution in [3.8, 4) is 11.5 Å². The Morgan fingerprint density at radius 2 is 2.07 bits per heavy atom. The van der Waals surface area contributed by atoms with Gasteiger partial charge in [0.05, 0.1) is 0 Å². The van der Waals surface area contributed by atoms with Crippen molar-refractivity contribution in [2.75, 3.05) is 0 Å². The summed E-state index contributed by atoms with van der Waals surface area (Å²) in [5, 5.41) is 4.27. The van der Waals surface area contributed by atoms with Crippen LogP contribution in [0.1, 0.15) is 25.5 Å². The van der Waals surface area contributed by atoms with Crippen molar-refractivity contribution in [1.82, 2.24) is 19.7 Å². The molecule has 2 aromatic heterocycles. The molecule has 0 aliphatic heterocycles. The zero-order valence-corrected chi connectivity index (χ0v) is 9.18. The molecule has 2 heterocycles. The highest BCUT2D eigenvalue weighted by atomic mass is 15.3. The summed E-state index contributed by atoms with van der Waals surface area (Å²) in [5.41, 5.74) is 1.87. The minimum atomic E-state index is 0.412. The molecule has 15 heavy (non-hydrogen) atoms. The fourth-order valence-electron chi connectivity index (χ4n) is 1.35. The van der Waals surface area contributed by atoms with Gasteiger partial charge in [-0.2, -0.15) is 5.10 Å². The van der Waals surface area contributed by atoms with Gasteiger partial charge in [-0.15, -0.1) is 0 Å². The number of nitrogens with zero attached hydrogens (tertiary/aromatic N) is 4. The van der Waals surface area contributed by atoms with Gasteiger partial charge in [0.15, 0.2) is 5.82 Å². The van der Waals surface area contributed by atoms with Crippen LogP contribution in [0.5, 0.6) is 0 Å². The first kappa shape index (κ1) is 9.83. The Hall–Kier alpha value is -1.71. The van der Waals surface area contributed by atoms with Gasteiger partial charge in [-0.3, -0.25) is 4.68 Å². The van der Waals surface area contributed by atoms with Crippen molar-refractivity contribution < 1.29 is 0 Å². The molecule has 2 aromatic rings. The first-order chi connectivity index (χ1) is 7.16. The smallest absolute Gasteiger partial charge is 0.180 e. The quantitative estimate of drug-likeness (QED) is 0.748. The molecule has 0 fully saturated rings. The fraction of sp³-hybridized carbons (Fsp3) is 0.364. The maximum absolute atomic E-state index is 4.47. The van der Waals surface area contributed by atoms with E-state index in [1.54, 1.807) is 10.9 Å². The SMILES string of the molecule is CC(C)c1ccnc(-c2ccn(C)n2)n1. The monoisotopic (exact) mass is 202 g/mol. The van der Waals surface area contributed by atoms with Crippen molar-refractivity contribution in [2.45, 2.75) is 19.8 Å². The van der Waals surface area contributed by atoms with Crippen LogP contribution in [0.3, 0.4) is 0 Å². The molecule has 0 saturated heterocycles. The Morgan fingerprint density at radius 1 is 1.27 bits per heavy atom. The number of aryl methyl sites for hydroxylation is 1. The molecule has 0 N–H and O–H groups in total. The molecular weight excluding hydrogens is 188 g/mol. The lowest BCUT2D eigenvalue weighted by atomic mass is 10.1. The number of aromatic nitrogens is 4. The molecule has 0 atom stereocenters. The van der Waals surface area contributed by atoms with Crippen LogP contribution in [0.25, 0.3) is 11.5 Å². The van der Waals surface area contributed by atoms with E-state index in [0.29, 0.717) is 11.7 Å². The predicted octanol–water partition coefficient (Wildman–Crippen LogP) is 2.00. The van der Waals surface area contributed by atoms with E-state index in [1.165, 1.54) is 0 Å². The second-order valence-corrected chi connectivity index (χ2v) is 3.83. The molecule has 4 heteroatoms. The second-order valence-electron chi connectivity index (χ2n) is 3.83. The largest absolute Gasteiger partial charge is 0.275 e. The van der Waals surface area contributed by atoms with E-state index in [1.807, 2.05) is 25.4 Å².